The zero-order chi connectivity index (χ0) is 16.2. The van der Waals surface area contributed by atoms with Crippen molar-refractivity contribution in [2.24, 2.45) is 16.0 Å². The van der Waals surface area contributed by atoms with Gasteiger partial charge in [0, 0.05) is 6.21 Å². The lowest BCUT2D eigenvalue weighted by Crippen LogP contribution is -2.27. The first-order valence-corrected chi connectivity index (χ1v) is 7.76. The molecule has 0 N–H and O–H groups in total. The van der Waals surface area contributed by atoms with Gasteiger partial charge in [0.25, 0.3) is 5.91 Å². The van der Waals surface area contributed by atoms with Crippen LogP contribution >= 0.6 is 0 Å². The fraction of sp³-hybridized carbons (Fsp3) is 0.211. The van der Waals surface area contributed by atoms with Gasteiger partial charge < -0.3 is 0 Å². The molecule has 23 heavy (non-hydrogen) atoms. The Morgan fingerprint density at radius 3 is 2.48 bits per heavy atom. The van der Waals surface area contributed by atoms with Crippen LogP contribution in [0.5, 0.6) is 0 Å². The van der Waals surface area contributed by atoms with Gasteiger partial charge in [0.15, 0.2) is 0 Å². The first-order chi connectivity index (χ1) is 11.2. The highest BCUT2D eigenvalue weighted by molar-refractivity contribution is 6.23. The van der Waals surface area contributed by atoms with E-state index in [0.717, 1.165) is 23.5 Å². The first kappa shape index (κ1) is 15.2. The number of rotatable bonds is 4. The molecule has 1 aliphatic heterocycles. The van der Waals surface area contributed by atoms with Crippen LogP contribution in [0, 0.1) is 5.92 Å². The summed E-state index contributed by atoms with van der Waals surface area (Å²) in [6.07, 6.45) is 2.69. The third kappa shape index (κ3) is 3.21. The molecule has 0 radical (unpaired) electrons. The van der Waals surface area contributed by atoms with Gasteiger partial charge in [-0.05, 0) is 43.2 Å². The van der Waals surface area contributed by atoms with Crippen LogP contribution in [0.15, 0.2) is 64.7 Å². The van der Waals surface area contributed by atoms with E-state index < -0.39 is 5.92 Å². The van der Waals surface area contributed by atoms with Crippen LogP contribution in [0.4, 0.5) is 11.4 Å². The van der Waals surface area contributed by atoms with E-state index in [-0.39, 0.29) is 5.91 Å². The number of aliphatic imine (C=N–C) groups is 1. The molecule has 3 rings (SSSR count). The molecule has 0 saturated carbocycles. The lowest BCUT2D eigenvalue weighted by atomic mass is 10.1. The summed E-state index contributed by atoms with van der Waals surface area (Å²) in [5, 5.41) is 5.82. The van der Waals surface area contributed by atoms with Gasteiger partial charge in [-0.1, -0.05) is 37.3 Å². The molecule has 2 aromatic carbocycles. The quantitative estimate of drug-likeness (QED) is 0.788. The molecule has 1 atom stereocenters. The smallest absolute Gasteiger partial charge is 0.261 e. The number of anilines is 1. The number of para-hydroxylation sites is 1. The summed E-state index contributed by atoms with van der Waals surface area (Å²) in [6.45, 7) is 3.98. The van der Waals surface area contributed by atoms with Gasteiger partial charge in [0.1, 0.15) is 5.92 Å². The van der Waals surface area contributed by atoms with E-state index in [1.807, 2.05) is 49.4 Å². The Bertz CT molecular complexity index is 748. The maximum Gasteiger partial charge on any atom is 0.261 e. The molecule has 0 aromatic heterocycles. The maximum atomic E-state index is 12.6. The van der Waals surface area contributed by atoms with Crippen LogP contribution in [0.25, 0.3) is 0 Å². The number of hydrogen-bond acceptors (Lipinski definition) is 3. The fourth-order valence-corrected chi connectivity index (χ4v) is 2.48. The average molecular weight is 305 g/mol. The Morgan fingerprint density at radius 2 is 1.83 bits per heavy atom. The molecular formula is C19H19N3O. The van der Waals surface area contributed by atoms with E-state index in [9.17, 15) is 4.79 Å². The second kappa shape index (κ2) is 6.57. The summed E-state index contributed by atoms with van der Waals surface area (Å²) in [6, 6.07) is 17.5. The minimum Gasteiger partial charge on any atom is -0.271 e. The zero-order valence-corrected chi connectivity index (χ0v) is 13.3. The van der Waals surface area contributed by atoms with Crippen molar-refractivity contribution in [3.63, 3.8) is 0 Å². The van der Waals surface area contributed by atoms with Gasteiger partial charge in [-0.3, -0.25) is 9.79 Å². The molecule has 116 valence electrons. The number of carbonyl (C=O) groups excluding carboxylic acids is 1. The van der Waals surface area contributed by atoms with E-state index in [1.165, 1.54) is 10.6 Å². The second-order valence-corrected chi connectivity index (χ2v) is 5.50. The van der Waals surface area contributed by atoms with E-state index in [1.54, 1.807) is 6.21 Å². The predicted octanol–water partition coefficient (Wildman–Crippen LogP) is 3.99. The van der Waals surface area contributed by atoms with E-state index in [2.05, 4.69) is 29.2 Å². The van der Waals surface area contributed by atoms with Crippen LogP contribution in [0.3, 0.4) is 0 Å². The lowest BCUT2D eigenvalue weighted by Gasteiger charge is -2.12. The fourth-order valence-electron chi connectivity index (χ4n) is 2.48. The van der Waals surface area contributed by atoms with Crippen molar-refractivity contribution in [1.82, 2.24) is 0 Å². The number of nitrogens with zero attached hydrogens (tertiary/aromatic N) is 3. The van der Waals surface area contributed by atoms with E-state index in [4.69, 9.17) is 0 Å². The zero-order valence-electron chi connectivity index (χ0n) is 13.3. The summed E-state index contributed by atoms with van der Waals surface area (Å²) in [4.78, 5) is 17.0. The van der Waals surface area contributed by atoms with Crippen LogP contribution in [0.1, 0.15) is 19.4 Å². The Hall–Kier alpha value is -2.75. The Labute approximate surface area is 136 Å². The molecule has 0 fully saturated rings. The highest BCUT2D eigenvalue weighted by Crippen LogP contribution is 2.23. The van der Waals surface area contributed by atoms with Crippen molar-refractivity contribution in [3.8, 4) is 0 Å². The topological polar surface area (TPSA) is 45.0 Å². The van der Waals surface area contributed by atoms with Crippen molar-refractivity contribution in [2.75, 3.05) is 5.01 Å². The van der Waals surface area contributed by atoms with Crippen molar-refractivity contribution in [1.29, 1.82) is 0 Å². The van der Waals surface area contributed by atoms with Gasteiger partial charge in [-0.15, -0.1) is 0 Å². The molecule has 1 aliphatic rings. The summed E-state index contributed by atoms with van der Waals surface area (Å²) in [7, 11) is 0. The predicted molar refractivity (Wildman–Crippen MR) is 94.5 cm³/mol. The highest BCUT2D eigenvalue weighted by Gasteiger charge is 2.33. The molecule has 4 nitrogen and oxygen atoms in total. The largest absolute Gasteiger partial charge is 0.271 e. The van der Waals surface area contributed by atoms with Crippen LogP contribution in [-0.2, 0) is 11.2 Å². The van der Waals surface area contributed by atoms with Crippen LogP contribution in [-0.4, -0.2) is 17.8 Å². The molecule has 0 aliphatic carbocycles. The van der Waals surface area contributed by atoms with Crippen molar-refractivity contribution in [3.05, 3.63) is 60.2 Å². The van der Waals surface area contributed by atoms with Gasteiger partial charge in [-0.2, -0.15) is 10.1 Å². The Morgan fingerprint density at radius 1 is 1.13 bits per heavy atom. The monoisotopic (exact) mass is 305 g/mol. The molecule has 0 spiro atoms. The molecule has 0 bridgehead atoms. The summed E-state index contributed by atoms with van der Waals surface area (Å²) in [5.41, 5.74) is 3.66. The molecular weight excluding hydrogens is 286 g/mol. The summed E-state index contributed by atoms with van der Waals surface area (Å²) in [5.74, 6) is -0.469. The van der Waals surface area contributed by atoms with E-state index in [0.29, 0.717) is 0 Å². The highest BCUT2D eigenvalue weighted by atomic mass is 16.2. The van der Waals surface area contributed by atoms with Crippen molar-refractivity contribution < 1.29 is 4.79 Å². The standard InChI is InChI=1S/C19H19N3O/c1-3-15-9-11-16(12-10-15)20-13-18-14(2)21-22(19(18)23)17-7-5-4-6-8-17/h4-13,18H,3H2,1-2H3/t18-/m1/s1. The minimum absolute atomic E-state index is 0.0670. The number of benzene rings is 2. The number of amides is 1. The second-order valence-electron chi connectivity index (χ2n) is 5.50. The molecule has 4 heteroatoms. The lowest BCUT2D eigenvalue weighted by molar-refractivity contribution is -0.118. The Kier molecular flexibility index (Phi) is 4.33. The van der Waals surface area contributed by atoms with Gasteiger partial charge in [0.05, 0.1) is 17.1 Å². The van der Waals surface area contributed by atoms with E-state index >= 15 is 0 Å². The van der Waals surface area contributed by atoms with Crippen LogP contribution < -0.4 is 5.01 Å². The number of hydrazone groups is 1. The molecule has 0 unspecified atom stereocenters. The Balaban J connectivity index is 1.77. The number of carbonyl (C=O) groups is 1. The van der Waals surface area contributed by atoms with Gasteiger partial charge >= 0.3 is 0 Å². The third-order valence-electron chi connectivity index (χ3n) is 3.90. The maximum absolute atomic E-state index is 12.6. The summed E-state index contributed by atoms with van der Waals surface area (Å²) >= 11 is 0. The van der Waals surface area contributed by atoms with Gasteiger partial charge in [-0.25, -0.2) is 0 Å². The average Bonchev–Trinajstić information content (AvgIpc) is 2.88. The van der Waals surface area contributed by atoms with Crippen molar-refractivity contribution in [2.45, 2.75) is 20.3 Å². The summed E-state index contributed by atoms with van der Waals surface area (Å²) < 4.78 is 0. The SMILES string of the molecule is CCc1ccc(N=C[C@H]2C(=O)N(c3ccccc3)N=C2C)cc1. The molecule has 0 saturated heterocycles. The third-order valence-corrected chi connectivity index (χ3v) is 3.90. The normalized spacial score (nSPS) is 17.8. The van der Waals surface area contributed by atoms with Gasteiger partial charge in [0.2, 0.25) is 0 Å². The molecule has 1 heterocycles. The number of hydrogen-bond donors (Lipinski definition) is 0. The number of aryl methyl sites for hydroxylation is 1. The van der Waals surface area contributed by atoms with Crippen LogP contribution in [0.2, 0.25) is 0 Å². The molecule has 1 amide bonds. The minimum atomic E-state index is -0.402. The first-order valence-electron chi connectivity index (χ1n) is 7.76. The molecule has 2 aromatic rings. The van der Waals surface area contributed by atoms with Crippen molar-refractivity contribution >= 4 is 29.2 Å².